The van der Waals surface area contributed by atoms with Gasteiger partial charge in [-0.15, -0.1) is 0 Å². The highest BCUT2D eigenvalue weighted by atomic mass is 19.2. The number of amides is 1. The van der Waals surface area contributed by atoms with Crippen molar-refractivity contribution in [2.24, 2.45) is 0 Å². The summed E-state index contributed by atoms with van der Waals surface area (Å²) in [4.78, 5) is 23.5. The number of carboxylic acid groups (broad SMARTS) is 1. The molecule has 0 aliphatic heterocycles. The van der Waals surface area contributed by atoms with Crippen molar-refractivity contribution < 1.29 is 33.0 Å². The highest BCUT2D eigenvalue weighted by Crippen LogP contribution is 2.31. The molecule has 0 bridgehead atoms. The van der Waals surface area contributed by atoms with Gasteiger partial charge in [-0.25, -0.2) is 8.78 Å². The van der Waals surface area contributed by atoms with Crippen LogP contribution in [0.15, 0.2) is 36.4 Å². The molecule has 0 spiro atoms. The first-order chi connectivity index (χ1) is 13.3. The maximum absolute atomic E-state index is 13.7. The van der Waals surface area contributed by atoms with E-state index in [1.54, 1.807) is 18.2 Å². The molecule has 0 radical (unpaired) electrons. The third-order valence-electron chi connectivity index (χ3n) is 4.18. The number of nitrogens with one attached hydrogen (secondary N) is 1. The molecule has 2 aromatic carbocycles. The second kappa shape index (κ2) is 9.68. The molecule has 0 aliphatic rings. The Morgan fingerprint density at radius 3 is 2.46 bits per heavy atom. The summed E-state index contributed by atoms with van der Waals surface area (Å²) in [6.07, 6.45) is -0.486. The zero-order valence-corrected chi connectivity index (χ0v) is 15.5. The van der Waals surface area contributed by atoms with Gasteiger partial charge in [0, 0.05) is 6.42 Å². The average molecular weight is 393 g/mol. The first kappa shape index (κ1) is 21.1. The SMILES string of the molecule is COc1ccc(C(CC(=O)O)NC(=O)CCc2cccc(F)c2F)cc1OC. The van der Waals surface area contributed by atoms with E-state index in [0.717, 1.165) is 6.07 Å². The van der Waals surface area contributed by atoms with Gasteiger partial charge < -0.3 is 19.9 Å². The van der Waals surface area contributed by atoms with E-state index < -0.39 is 29.6 Å². The first-order valence-corrected chi connectivity index (χ1v) is 8.51. The summed E-state index contributed by atoms with van der Waals surface area (Å²) >= 11 is 0. The first-order valence-electron chi connectivity index (χ1n) is 8.51. The van der Waals surface area contributed by atoms with E-state index in [9.17, 15) is 18.4 Å². The van der Waals surface area contributed by atoms with Gasteiger partial charge in [0.2, 0.25) is 5.91 Å². The summed E-state index contributed by atoms with van der Waals surface area (Å²) < 4.78 is 37.3. The average Bonchev–Trinajstić information content (AvgIpc) is 2.67. The Bertz CT molecular complexity index is 856. The van der Waals surface area contributed by atoms with Crippen molar-refractivity contribution in [2.75, 3.05) is 14.2 Å². The van der Waals surface area contributed by atoms with Crippen LogP contribution in [0.2, 0.25) is 0 Å². The molecule has 0 heterocycles. The summed E-state index contributed by atoms with van der Waals surface area (Å²) in [5, 5.41) is 11.8. The smallest absolute Gasteiger partial charge is 0.305 e. The van der Waals surface area contributed by atoms with Gasteiger partial charge in [0.05, 0.1) is 26.7 Å². The van der Waals surface area contributed by atoms with E-state index >= 15 is 0 Å². The fourth-order valence-corrected chi connectivity index (χ4v) is 2.75. The predicted molar refractivity (Wildman–Crippen MR) is 97.4 cm³/mol. The number of ether oxygens (including phenoxy) is 2. The molecule has 0 aliphatic carbocycles. The van der Waals surface area contributed by atoms with Crippen LogP contribution in [0.1, 0.15) is 30.0 Å². The minimum atomic E-state index is -1.10. The third kappa shape index (κ3) is 5.42. The normalized spacial score (nSPS) is 11.6. The summed E-state index contributed by atoms with van der Waals surface area (Å²) in [7, 11) is 2.92. The van der Waals surface area contributed by atoms with Crippen LogP contribution in [0.3, 0.4) is 0 Å². The van der Waals surface area contributed by atoms with Gasteiger partial charge in [0.25, 0.3) is 0 Å². The molecule has 1 unspecified atom stereocenters. The zero-order chi connectivity index (χ0) is 20.7. The third-order valence-corrected chi connectivity index (χ3v) is 4.18. The largest absolute Gasteiger partial charge is 0.493 e. The topological polar surface area (TPSA) is 84.9 Å². The molecule has 2 aromatic rings. The van der Waals surface area contributed by atoms with Crippen LogP contribution >= 0.6 is 0 Å². The standard InChI is InChI=1S/C20H21F2NO5/c1-27-16-8-6-13(10-17(16)28-2)15(11-19(25)26)23-18(24)9-7-12-4-3-5-14(21)20(12)22/h3-6,8,10,15H,7,9,11H2,1-2H3,(H,23,24)(H,25,26). The van der Waals surface area contributed by atoms with Crippen molar-refractivity contribution in [3.05, 3.63) is 59.2 Å². The molecule has 28 heavy (non-hydrogen) atoms. The Hall–Kier alpha value is -3.16. The second-order valence-corrected chi connectivity index (χ2v) is 6.05. The summed E-state index contributed by atoms with van der Waals surface area (Å²) in [5.41, 5.74) is 0.599. The van der Waals surface area contributed by atoms with Gasteiger partial charge in [-0.3, -0.25) is 9.59 Å². The predicted octanol–water partition coefficient (Wildman–Crippen LogP) is 3.25. The molecule has 1 amide bonds. The molecule has 0 saturated carbocycles. The van der Waals surface area contributed by atoms with Crippen LogP contribution in [0.25, 0.3) is 0 Å². The number of carbonyl (C=O) groups excluding carboxylic acids is 1. The molecule has 150 valence electrons. The van der Waals surface area contributed by atoms with E-state index in [-0.39, 0.29) is 24.8 Å². The Balaban J connectivity index is 2.12. The summed E-state index contributed by atoms with van der Waals surface area (Å²) in [6.45, 7) is 0. The van der Waals surface area contributed by atoms with Crippen LogP contribution in [-0.2, 0) is 16.0 Å². The van der Waals surface area contributed by atoms with E-state index in [0.29, 0.717) is 17.1 Å². The van der Waals surface area contributed by atoms with Crippen molar-refractivity contribution >= 4 is 11.9 Å². The number of rotatable bonds is 9. The van der Waals surface area contributed by atoms with E-state index in [1.807, 2.05) is 0 Å². The number of methoxy groups -OCH3 is 2. The molecule has 2 N–H and O–H groups in total. The number of hydrogen-bond donors (Lipinski definition) is 2. The monoisotopic (exact) mass is 393 g/mol. The molecule has 0 fully saturated rings. The number of aliphatic carboxylic acids is 1. The zero-order valence-electron chi connectivity index (χ0n) is 15.5. The molecule has 6 nitrogen and oxygen atoms in total. The number of carboxylic acids is 1. The minimum Gasteiger partial charge on any atom is -0.493 e. The fourth-order valence-electron chi connectivity index (χ4n) is 2.75. The van der Waals surface area contributed by atoms with Crippen LogP contribution < -0.4 is 14.8 Å². The second-order valence-electron chi connectivity index (χ2n) is 6.05. The summed E-state index contributed by atoms with van der Waals surface area (Å²) in [5.74, 6) is -2.69. The quantitative estimate of drug-likeness (QED) is 0.683. The van der Waals surface area contributed by atoms with Gasteiger partial charge in [-0.1, -0.05) is 18.2 Å². The molecule has 1 atom stereocenters. The van der Waals surface area contributed by atoms with Crippen molar-refractivity contribution in [3.63, 3.8) is 0 Å². The van der Waals surface area contributed by atoms with Crippen LogP contribution in [-0.4, -0.2) is 31.2 Å². The van der Waals surface area contributed by atoms with E-state index in [4.69, 9.17) is 14.6 Å². The number of halogens is 2. The fraction of sp³-hybridized carbons (Fsp3) is 0.300. The van der Waals surface area contributed by atoms with Crippen LogP contribution in [0.4, 0.5) is 8.78 Å². The van der Waals surface area contributed by atoms with Gasteiger partial charge in [0.15, 0.2) is 23.1 Å². The van der Waals surface area contributed by atoms with Crippen molar-refractivity contribution in [2.45, 2.75) is 25.3 Å². The van der Waals surface area contributed by atoms with Crippen molar-refractivity contribution in [1.82, 2.24) is 5.32 Å². The number of benzene rings is 2. The highest BCUT2D eigenvalue weighted by molar-refractivity contribution is 5.78. The number of carbonyl (C=O) groups is 2. The molecule has 0 aromatic heterocycles. The Kier molecular flexibility index (Phi) is 7.31. The molecule has 2 rings (SSSR count). The highest BCUT2D eigenvalue weighted by Gasteiger charge is 2.20. The van der Waals surface area contributed by atoms with Crippen LogP contribution in [0, 0.1) is 11.6 Å². The molecule has 0 saturated heterocycles. The lowest BCUT2D eigenvalue weighted by atomic mass is 10.0. The lowest BCUT2D eigenvalue weighted by Gasteiger charge is -2.19. The lowest BCUT2D eigenvalue weighted by Crippen LogP contribution is -2.30. The van der Waals surface area contributed by atoms with Gasteiger partial charge >= 0.3 is 5.97 Å². The summed E-state index contributed by atoms with van der Waals surface area (Å²) in [6, 6.07) is 7.76. The number of aryl methyl sites for hydroxylation is 1. The van der Waals surface area contributed by atoms with Crippen molar-refractivity contribution in [3.8, 4) is 11.5 Å². The van der Waals surface area contributed by atoms with Crippen molar-refractivity contribution in [1.29, 1.82) is 0 Å². The van der Waals surface area contributed by atoms with Gasteiger partial charge in [0.1, 0.15) is 0 Å². The minimum absolute atomic E-state index is 0.0127. The van der Waals surface area contributed by atoms with E-state index in [1.165, 1.54) is 26.4 Å². The maximum atomic E-state index is 13.7. The van der Waals surface area contributed by atoms with Gasteiger partial charge in [-0.2, -0.15) is 0 Å². The lowest BCUT2D eigenvalue weighted by molar-refractivity contribution is -0.137. The Morgan fingerprint density at radius 1 is 1.11 bits per heavy atom. The number of hydrogen-bond acceptors (Lipinski definition) is 4. The molecular weight excluding hydrogens is 372 g/mol. The Labute approximate surface area is 161 Å². The maximum Gasteiger partial charge on any atom is 0.305 e. The van der Waals surface area contributed by atoms with Gasteiger partial charge in [-0.05, 0) is 35.7 Å². The van der Waals surface area contributed by atoms with Crippen LogP contribution in [0.5, 0.6) is 11.5 Å². The van der Waals surface area contributed by atoms with E-state index in [2.05, 4.69) is 5.32 Å². The molecule has 8 heteroatoms. The molecular formula is C20H21F2NO5. The Morgan fingerprint density at radius 2 is 1.82 bits per heavy atom.